The number of nitrogens with zero attached hydrogens (tertiary/aromatic N) is 1. The van der Waals surface area contributed by atoms with Crippen molar-refractivity contribution in [2.75, 3.05) is 0 Å². The van der Waals surface area contributed by atoms with Gasteiger partial charge in [0.2, 0.25) is 10.0 Å². The summed E-state index contributed by atoms with van der Waals surface area (Å²) < 4.78 is 29.3. The molecule has 0 aliphatic rings. The molecule has 7 heteroatoms. The van der Waals surface area contributed by atoms with E-state index in [1.807, 2.05) is 55.5 Å². The SMILES string of the molecule is Cc1c(Cl)cccc1-c1nc(Cc2ccccc2)oc1-c1ccc(S(N)(=O)=O)cc1. The minimum absolute atomic E-state index is 0.0377. The van der Waals surface area contributed by atoms with Crippen molar-refractivity contribution in [3.63, 3.8) is 0 Å². The van der Waals surface area contributed by atoms with Crippen molar-refractivity contribution in [2.24, 2.45) is 5.14 Å². The lowest BCUT2D eigenvalue weighted by Crippen LogP contribution is -2.11. The zero-order chi connectivity index (χ0) is 21.3. The molecule has 0 saturated heterocycles. The molecule has 0 spiro atoms. The van der Waals surface area contributed by atoms with Crippen LogP contribution in [0, 0.1) is 6.92 Å². The molecule has 1 aromatic heterocycles. The summed E-state index contributed by atoms with van der Waals surface area (Å²) >= 11 is 6.33. The Morgan fingerprint density at radius 2 is 1.67 bits per heavy atom. The summed E-state index contributed by atoms with van der Waals surface area (Å²) in [5.41, 5.74) is 4.18. The first kappa shape index (κ1) is 20.3. The summed E-state index contributed by atoms with van der Waals surface area (Å²) in [6, 6.07) is 21.8. The Kier molecular flexibility index (Phi) is 5.47. The second-order valence-corrected chi connectivity index (χ2v) is 8.90. The standard InChI is InChI=1S/C23H19ClN2O3S/c1-15-19(8-5-9-20(15)24)22-23(17-10-12-18(13-11-17)30(25,27)28)29-21(26-22)14-16-6-3-2-4-7-16/h2-13H,14H2,1H3,(H2,25,27,28). The Morgan fingerprint density at radius 3 is 2.33 bits per heavy atom. The minimum Gasteiger partial charge on any atom is -0.440 e. The van der Waals surface area contributed by atoms with Gasteiger partial charge in [-0.05, 0) is 48.4 Å². The van der Waals surface area contributed by atoms with Crippen molar-refractivity contribution in [3.8, 4) is 22.6 Å². The Balaban J connectivity index is 1.84. The van der Waals surface area contributed by atoms with E-state index in [1.165, 1.54) is 12.1 Å². The number of primary sulfonamides is 1. The summed E-state index contributed by atoms with van der Waals surface area (Å²) in [6.07, 6.45) is 0.530. The summed E-state index contributed by atoms with van der Waals surface area (Å²) in [6.45, 7) is 1.93. The average molecular weight is 439 g/mol. The van der Waals surface area contributed by atoms with E-state index in [0.717, 1.165) is 16.7 Å². The largest absolute Gasteiger partial charge is 0.440 e. The van der Waals surface area contributed by atoms with Crippen LogP contribution in [0.25, 0.3) is 22.6 Å². The normalized spacial score (nSPS) is 11.6. The molecule has 1 heterocycles. The van der Waals surface area contributed by atoms with Gasteiger partial charge in [-0.1, -0.05) is 54.1 Å². The van der Waals surface area contributed by atoms with Crippen LogP contribution in [0.1, 0.15) is 17.0 Å². The molecule has 0 fully saturated rings. The first-order valence-electron chi connectivity index (χ1n) is 9.25. The third-order valence-electron chi connectivity index (χ3n) is 4.84. The lowest BCUT2D eigenvalue weighted by atomic mass is 10.0. The highest BCUT2D eigenvalue weighted by Gasteiger charge is 2.20. The summed E-state index contributed by atoms with van der Waals surface area (Å²) in [4.78, 5) is 4.79. The van der Waals surface area contributed by atoms with Crippen molar-refractivity contribution in [1.82, 2.24) is 4.98 Å². The van der Waals surface area contributed by atoms with Gasteiger partial charge < -0.3 is 4.42 Å². The van der Waals surface area contributed by atoms with Gasteiger partial charge >= 0.3 is 0 Å². The van der Waals surface area contributed by atoms with Crippen LogP contribution in [0.15, 0.2) is 82.1 Å². The fraction of sp³-hybridized carbons (Fsp3) is 0.0870. The smallest absolute Gasteiger partial charge is 0.238 e. The highest BCUT2D eigenvalue weighted by molar-refractivity contribution is 7.89. The fourth-order valence-electron chi connectivity index (χ4n) is 3.25. The molecule has 3 aromatic carbocycles. The molecule has 0 atom stereocenters. The van der Waals surface area contributed by atoms with Gasteiger partial charge in [0.15, 0.2) is 11.7 Å². The molecule has 0 aliphatic carbocycles. The molecule has 0 unspecified atom stereocenters. The molecular weight excluding hydrogens is 420 g/mol. The van der Waals surface area contributed by atoms with Crippen molar-refractivity contribution in [2.45, 2.75) is 18.2 Å². The van der Waals surface area contributed by atoms with Gasteiger partial charge in [-0.25, -0.2) is 18.5 Å². The van der Waals surface area contributed by atoms with Crippen LogP contribution in [0.5, 0.6) is 0 Å². The van der Waals surface area contributed by atoms with Crippen molar-refractivity contribution in [1.29, 1.82) is 0 Å². The molecule has 0 amide bonds. The van der Waals surface area contributed by atoms with Gasteiger partial charge in [0.25, 0.3) is 0 Å². The van der Waals surface area contributed by atoms with Gasteiger partial charge in [0.1, 0.15) is 5.69 Å². The quantitative estimate of drug-likeness (QED) is 0.463. The van der Waals surface area contributed by atoms with Crippen molar-refractivity contribution >= 4 is 21.6 Å². The van der Waals surface area contributed by atoms with E-state index in [4.69, 9.17) is 26.1 Å². The molecule has 2 N–H and O–H groups in total. The summed E-state index contributed by atoms with van der Waals surface area (Å²) in [5, 5.41) is 5.85. The molecule has 5 nitrogen and oxygen atoms in total. The molecule has 0 bridgehead atoms. The van der Waals surface area contributed by atoms with E-state index in [0.29, 0.717) is 34.4 Å². The van der Waals surface area contributed by atoms with E-state index in [2.05, 4.69) is 0 Å². The summed E-state index contributed by atoms with van der Waals surface area (Å²) in [7, 11) is -3.78. The topological polar surface area (TPSA) is 86.2 Å². The highest BCUT2D eigenvalue weighted by atomic mass is 35.5. The second kappa shape index (κ2) is 8.07. The fourth-order valence-corrected chi connectivity index (χ4v) is 3.94. The van der Waals surface area contributed by atoms with Crippen LogP contribution in [0.3, 0.4) is 0 Å². The molecule has 0 aliphatic heterocycles. The maximum absolute atomic E-state index is 11.6. The first-order valence-corrected chi connectivity index (χ1v) is 11.2. The predicted octanol–water partition coefficient (Wildman–Crippen LogP) is 5.21. The van der Waals surface area contributed by atoms with Gasteiger partial charge in [-0.15, -0.1) is 0 Å². The van der Waals surface area contributed by atoms with E-state index in [-0.39, 0.29) is 4.90 Å². The van der Waals surface area contributed by atoms with Gasteiger partial charge in [-0.2, -0.15) is 0 Å². The number of halogens is 1. The van der Waals surface area contributed by atoms with Crippen LogP contribution >= 0.6 is 11.6 Å². The van der Waals surface area contributed by atoms with Crippen LogP contribution in [0.4, 0.5) is 0 Å². The third kappa shape index (κ3) is 4.16. The van der Waals surface area contributed by atoms with E-state index in [1.54, 1.807) is 12.1 Å². The molecule has 0 saturated carbocycles. The van der Waals surface area contributed by atoms with Crippen LogP contribution < -0.4 is 5.14 Å². The number of benzene rings is 3. The highest BCUT2D eigenvalue weighted by Crippen LogP contribution is 2.37. The summed E-state index contributed by atoms with van der Waals surface area (Å²) in [5.74, 6) is 1.10. The van der Waals surface area contributed by atoms with Crippen LogP contribution in [-0.2, 0) is 16.4 Å². The third-order valence-corrected chi connectivity index (χ3v) is 6.18. The number of aromatic nitrogens is 1. The second-order valence-electron chi connectivity index (χ2n) is 6.93. The molecule has 30 heavy (non-hydrogen) atoms. The zero-order valence-corrected chi connectivity index (χ0v) is 17.7. The van der Waals surface area contributed by atoms with E-state index in [9.17, 15) is 8.42 Å². The number of rotatable bonds is 5. The van der Waals surface area contributed by atoms with Gasteiger partial charge in [0.05, 0.1) is 4.90 Å². The van der Waals surface area contributed by atoms with Gasteiger partial charge in [-0.3, -0.25) is 0 Å². The number of sulfonamides is 1. The van der Waals surface area contributed by atoms with E-state index >= 15 is 0 Å². The number of oxazole rings is 1. The number of nitrogens with two attached hydrogens (primary N) is 1. The molecule has 4 aromatic rings. The maximum Gasteiger partial charge on any atom is 0.238 e. The molecule has 152 valence electrons. The molecule has 0 radical (unpaired) electrons. The van der Waals surface area contributed by atoms with E-state index < -0.39 is 10.0 Å². The number of hydrogen-bond donors (Lipinski definition) is 1. The van der Waals surface area contributed by atoms with Crippen LogP contribution in [0.2, 0.25) is 5.02 Å². The zero-order valence-electron chi connectivity index (χ0n) is 16.2. The monoisotopic (exact) mass is 438 g/mol. The minimum atomic E-state index is -3.78. The molecule has 4 rings (SSSR count). The Bertz CT molecular complexity index is 1300. The Hall–Kier alpha value is -2.93. The average Bonchev–Trinajstić information content (AvgIpc) is 3.14. The predicted molar refractivity (Wildman–Crippen MR) is 118 cm³/mol. The first-order chi connectivity index (χ1) is 14.3. The Morgan fingerprint density at radius 1 is 0.967 bits per heavy atom. The van der Waals surface area contributed by atoms with Crippen LogP contribution in [-0.4, -0.2) is 13.4 Å². The molecular formula is C23H19ClN2O3S. The van der Waals surface area contributed by atoms with Crippen molar-refractivity contribution in [3.05, 3.63) is 94.8 Å². The number of hydrogen-bond acceptors (Lipinski definition) is 4. The Labute approximate surface area is 180 Å². The van der Waals surface area contributed by atoms with Gasteiger partial charge in [0, 0.05) is 22.6 Å². The lowest BCUT2D eigenvalue weighted by molar-refractivity contribution is 0.519. The lowest BCUT2D eigenvalue weighted by Gasteiger charge is -2.07. The van der Waals surface area contributed by atoms with Crippen molar-refractivity contribution < 1.29 is 12.8 Å². The maximum atomic E-state index is 11.6.